The van der Waals surface area contributed by atoms with Crippen LogP contribution in [0.15, 0.2) is 5.38 Å². The molecule has 4 nitrogen and oxygen atoms in total. The first-order chi connectivity index (χ1) is 6.24. The van der Waals surface area contributed by atoms with E-state index in [0.29, 0.717) is 11.3 Å². The summed E-state index contributed by atoms with van der Waals surface area (Å²) in [5.74, 6) is 4.05. The lowest BCUT2D eigenvalue weighted by molar-refractivity contribution is -0.107. The summed E-state index contributed by atoms with van der Waals surface area (Å²) >= 11 is 1.15. The number of thiazole rings is 1. The lowest BCUT2D eigenvalue weighted by atomic mass is 10.4. The van der Waals surface area contributed by atoms with Gasteiger partial charge in [0.1, 0.15) is 6.29 Å². The minimum absolute atomic E-state index is 0.0135. The molecule has 0 spiro atoms. The predicted octanol–water partition coefficient (Wildman–Crippen LogP) is 0.782. The summed E-state index contributed by atoms with van der Waals surface area (Å²) in [6, 6.07) is 0. The van der Waals surface area contributed by atoms with Crippen molar-refractivity contribution in [2.75, 3.05) is 0 Å². The van der Waals surface area contributed by atoms with E-state index >= 15 is 0 Å². The number of hydrogen-bond donors (Lipinski definition) is 1. The average Bonchev–Trinajstić information content (AvgIpc) is 2.53. The first-order valence-corrected chi connectivity index (χ1v) is 4.23. The van der Waals surface area contributed by atoms with E-state index in [0.717, 1.165) is 11.3 Å². The highest BCUT2D eigenvalue weighted by Crippen LogP contribution is 2.07. The number of carbonyl (C=O) groups excluding carboxylic acids is 1. The molecule has 0 unspecified atom stereocenters. The minimum atomic E-state index is -1.07. The van der Waals surface area contributed by atoms with Crippen molar-refractivity contribution in [3.05, 3.63) is 16.1 Å². The van der Waals surface area contributed by atoms with Crippen LogP contribution >= 0.6 is 11.3 Å². The Morgan fingerprint density at radius 2 is 2.54 bits per heavy atom. The van der Waals surface area contributed by atoms with E-state index < -0.39 is 5.97 Å². The van der Waals surface area contributed by atoms with Crippen LogP contribution in [0, 0.1) is 11.8 Å². The van der Waals surface area contributed by atoms with Gasteiger partial charge in [0, 0.05) is 5.38 Å². The summed E-state index contributed by atoms with van der Waals surface area (Å²) in [6.07, 6.45) is 0.820. The highest BCUT2D eigenvalue weighted by Gasteiger charge is 2.06. The predicted molar refractivity (Wildman–Crippen MR) is 46.6 cm³/mol. The molecule has 1 rings (SSSR count). The number of carbonyl (C=O) groups is 2. The highest BCUT2D eigenvalue weighted by atomic mass is 32.1. The SMILES string of the molecule is O=CCC#Cc1nc(C(=O)O)cs1. The largest absolute Gasteiger partial charge is 0.476 e. The summed E-state index contributed by atoms with van der Waals surface area (Å²) in [4.78, 5) is 24.0. The lowest BCUT2D eigenvalue weighted by Crippen LogP contribution is -1.95. The molecule has 1 aromatic rings. The summed E-state index contributed by atoms with van der Waals surface area (Å²) in [6.45, 7) is 0. The Morgan fingerprint density at radius 3 is 3.08 bits per heavy atom. The maximum absolute atomic E-state index is 10.4. The van der Waals surface area contributed by atoms with Gasteiger partial charge in [-0.05, 0) is 5.92 Å². The van der Waals surface area contributed by atoms with Gasteiger partial charge in [-0.25, -0.2) is 9.78 Å². The third-order valence-electron chi connectivity index (χ3n) is 1.10. The molecule has 0 aromatic carbocycles. The molecule has 0 fully saturated rings. The summed E-state index contributed by atoms with van der Waals surface area (Å²) in [5.41, 5.74) is -0.0135. The maximum atomic E-state index is 10.4. The number of nitrogens with zero attached hydrogens (tertiary/aromatic N) is 1. The molecule has 0 saturated carbocycles. The van der Waals surface area contributed by atoms with E-state index in [1.807, 2.05) is 0 Å². The van der Waals surface area contributed by atoms with Gasteiger partial charge in [-0.15, -0.1) is 11.3 Å². The molecule has 0 aliphatic carbocycles. The van der Waals surface area contributed by atoms with Gasteiger partial charge in [-0.1, -0.05) is 5.92 Å². The van der Waals surface area contributed by atoms with Crippen LogP contribution in [0.2, 0.25) is 0 Å². The first-order valence-electron chi connectivity index (χ1n) is 3.35. The molecule has 0 aliphatic rings. The third kappa shape index (κ3) is 2.69. The van der Waals surface area contributed by atoms with Crippen LogP contribution in [0.3, 0.4) is 0 Å². The molecule has 0 bridgehead atoms. The van der Waals surface area contributed by atoms with Gasteiger partial charge >= 0.3 is 5.97 Å². The molecule has 1 aromatic heterocycles. The van der Waals surface area contributed by atoms with E-state index in [2.05, 4.69) is 16.8 Å². The van der Waals surface area contributed by atoms with Crippen molar-refractivity contribution in [1.82, 2.24) is 4.98 Å². The molecule has 1 N–H and O–H groups in total. The zero-order chi connectivity index (χ0) is 9.68. The van der Waals surface area contributed by atoms with Gasteiger partial charge in [0.15, 0.2) is 10.7 Å². The maximum Gasteiger partial charge on any atom is 0.355 e. The van der Waals surface area contributed by atoms with E-state index in [-0.39, 0.29) is 12.1 Å². The Bertz CT molecular complexity index is 386. The topological polar surface area (TPSA) is 67.3 Å². The van der Waals surface area contributed by atoms with Crippen molar-refractivity contribution < 1.29 is 14.7 Å². The quantitative estimate of drug-likeness (QED) is 0.559. The van der Waals surface area contributed by atoms with E-state index in [9.17, 15) is 9.59 Å². The standard InChI is InChI=1S/C8H5NO3S/c10-4-2-1-3-7-9-6(5-13-7)8(11)12/h4-5H,2H2,(H,11,12). The molecule has 0 radical (unpaired) electrons. The normalized spacial score (nSPS) is 8.62. The third-order valence-corrected chi connectivity index (χ3v) is 1.86. The second-order valence-electron chi connectivity index (χ2n) is 2.02. The van der Waals surface area contributed by atoms with Crippen LogP contribution in [0.5, 0.6) is 0 Å². The monoisotopic (exact) mass is 195 g/mol. The van der Waals surface area contributed by atoms with Crippen molar-refractivity contribution >= 4 is 23.6 Å². The summed E-state index contributed by atoms with van der Waals surface area (Å²) in [5, 5.41) is 10.3. The molecular weight excluding hydrogens is 190 g/mol. The summed E-state index contributed by atoms with van der Waals surface area (Å²) < 4.78 is 0. The fraction of sp³-hybridized carbons (Fsp3) is 0.125. The Balaban J connectivity index is 2.76. The molecule has 0 saturated heterocycles. The molecule has 0 atom stereocenters. The lowest BCUT2D eigenvalue weighted by Gasteiger charge is -1.79. The van der Waals surface area contributed by atoms with Crippen molar-refractivity contribution in [3.8, 4) is 11.8 Å². The Kier molecular flexibility index (Phi) is 3.17. The van der Waals surface area contributed by atoms with Crippen LogP contribution in [0.1, 0.15) is 21.9 Å². The molecule has 5 heteroatoms. The van der Waals surface area contributed by atoms with Gasteiger partial charge in [0.05, 0.1) is 6.42 Å². The van der Waals surface area contributed by atoms with E-state index in [1.165, 1.54) is 5.38 Å². The number of carboxylic acid groups (broad SMARTS) is 1. The average molecular weight is 195 g/mol. The number of hydrogen-bond acceptors (Lipinski definition) is 4. The van der Waals surface area contributed by atoms with Gasteiger partial charge in [-0.3, -0.25) is 0 Å². The van der Waals surface area contributed by atoms with Gasteiger partial charge < -0.3 is 9.90 Å². The number of aldehydes is 1. The highest BCUT2D eigenvalue weighted by molar-refractivity contribution is 7.10. The number of aromatic carboxylic acids is 1. The molecule has 66 valence electrons. The molecule has 13 heavy (non-hydrogen) atoms. The van der Waals surface area contributed by atoms with Crippen molar-refractivity contribution in [2.45, 2.75) is 6.42 Å². The fourth-order valence-electron chi connectivity index (χ4n) is 0.598. The van der Waals surface area contributed by atoms with Gasteiger partial charge in [0.25, 0.3) is 0 Å². The van der Waals surface area contributed by atoms with Crippen molar-refractivity contribution in [1.29, 1.82) is 0 Å². The van der Waals surface area contributed by atoms with Gasteiger partial charge in [-0.2, -0.15) is 0 Å². The Morgan fingerprint density at radius 1 is 1.77 bits per heavy atom. The number of aromatic nitrogens is 1. The van der Waals surface area contributed by atoms with Crippen molar-refractivity contribution in [3.63, 3.8) is 0 Å². The number of carboxylic acids is 1. The Labute approximate surface area is 78.2 Å². The summed E-state index contributed by atoms with van der Waals surface area (Å²) in [7, 11) is 0. The van der Waals surface area contributed by atoms with Crippen LogP contribution < -0.4 is 0 Å². The fourth-order valence-corrected chi connectivity index (χ4v) is 1.26. The molecule has 1 heterocycles. The van der Waals surface area contributed by atoms with E-state index in [4.69, 9.17) is 5.11 Å². The second kappa shape index (κ2) is 4.38. The number of rotatable bonds is 2. The zero-order valence-corrected chi connectivity index (χ0v) is 7.30. The van der Waals surface area contributed by atoms with Crippen LogP contribution in [0.25, 0.3) is 0 Å². The molecular formula is C8H5NO3S. The second-order valence-corrected chi connectivity index (χ2v) is 2.87. The van der Waals surface area contributed by atoms with E-state index in [1.54, 1.807) is 0 Å². The van der Waals surface area contributed by atoms with Crippen LogP contribution in [0.4, 0.5) is 0 Å². The minimum Gasteiger partial charge on any atom is -0.476 e. The smallest absolute Gasteiger partial charge is 0.355 e. The Hall–Kier alpha value is -1.67. The van der Waals surface area contributed by atoms with Crippen LogP contribution in [-0.2, 0) is 4.79 Å². The first kappa shape index (κ1) is 9.42. The van der Waals surface area contributed by atoms with Crippen molar-refractivity contribution in [2.24, 2.45) is 0 Å². The molecule has 0 amide bonds. The van der Waals surface area contributed by atoms with Crippen LogP contribution in [-0.4, -0.2) is 22.3 Å². The van der Waals surface area contributed by atoms with Gasteiger partial charge in [0.2, 0.25) is 0 Å². The molecule has 0 aliphatic heterocycles. The zero-order valence-electron chi connectivity index (χ0n) is 6.48.